The molecule has 1 N–H and O–H groups in total. The molecule has 0 aliphatic carbocycles. The fourth-order valence-corrected chi connectivity index (χ4v) is 2.05. The second-order valence-electron chi connectivity index (χ2n) is 3.51. The molecule has 98 valence electrons. The Bertz CT molecular complexity index is 652. The zero-order valence-electron chi connectivity index (χ0n) is 9.23. The molecule has 19 heavy (non-hydrogen) atoms. The minimum absolute atomic E-state index is 0.0560. The SMILES string of the molecule is O=[N+]([O-])c1ccc(Cl)nc1Nc1cc(Cl)ccc1Br. The van der Waals surface area contributed by atoms with Crippen LogP contribution in [-0.4, -0.2) is 9.91 Å². The van der Waals surface area contributed by atoms with E-state index in [0.717, 1.165) is 0 Å². The number of hydrogen-bond donors (Lipinski definition) is 1. The van der Waals surface area contributed by atoms with Gasteiger partial charge < -0.3 is 5.32 Å². The van der Waals surface area contributed by atoms with Crippen LogP contribution < -0.4 is 5.32 Å². The van der Waals surface area contributed by atoms with Crippen molar-refractivity contribution in [1.29, 1.82) is 0 Å². The van der Waals surface area contributed by atoms with E-state index in [0.29, 0.717) is 15.2 Å². The van der Waals surface area contributed by atoms with Gasteiger partial charge in [-0.15, -0.1) is 0 Å². The number of benzene rings is 1. The van der Waals surface area contributed by atoms with Gasteiger partial charge in [0, 0.05) is 15.6 Å². The molecule has 0 spiro atoms. The molecule has 0 atom stereocenters. The molecule has 0 aliphatic heterocycles. The summed E-state index contributed by atoms with van der Waals surface area (Å²) in [7, 11) is 0. The van der Waals surface area contributed by atoms with Gasteiger partial charge in [0.25, 0.3) is 0 Å². The number of aromatic nitrogens is 1. The first-order chi connectivity index (χ1) is 8.97. The van der Waals surface area contributed by atoms with E-state index in [9.17, 15) is 10.1 Å². The van der Waals surface area contributed by atoms with Crippen molar-refractivity contribution in [3.63, 3.8) is 0 Å². The van der Waals surface area contributed by atoms with Crippen LogP contribution in [0.5, 0.6) is 0 Å². The highest BCUT2D eigenvalue weighted by Crippen LogP contribution is 2.32. The summed E-state index contributed by atoms with van der Waals surface area (Å²) in [6, 6.07) is 7.68. The molecule has 1 aromatic carbocycles. The highest BCUT2D eigenvalue weighted by atomic mass is 79.9. The van der Waals surface area contributed by atoms with Crippen molar-refractivity contribution >= 4 is 56.3 Å². The molecule has 2 aromatic rings. The smallest absolute Gasteiger partial charge is 0.311 e. The van der Waals surface area contributed by atoms with Gasteiger partial charge in [0.15, 0.2) is 0 Å². The van der Waals surface area contributed by atoms with Crippen molar-refractivity contribution in [2.45, 2.75) is 0 Å². The van der Waals surface area contributed by atoms with Crippen LogP contribution in [0, 0.1) is 10.1 Å². The zero-order chi connectivity index (χ0) is 14.0. The summed E-state index contributed by atoms with van der Waals surface area (Å²) < 4.78 is 0.702. The summed E-state index contributed by atoms with van der Waals surface area (Å²) in [4.78, 5) is 14.3. The summed E-state index contributed by atoms with van der Waals surface area (Å²) in [5.74, 6) is 0.0560. The largest absolute Gasteiger partial charge is 0.333 e. The summed E-state index contributed by atoms with van der Waals surface area (Å²) >= 11 is 14.9. The van der Waals surface area contributed by atoms with E-state index in [1.54, 1.807) is 18.2 Å². The standard InChI is InChI=1S/C11H6BrCl2N3O2/c12-7-2-1-6(13)5-8(7)15-11-9(17(18)19)3-4-10(14)16-11/h1-5H,(H,15,16). The van der Waals surface area contributed by atoms with Gasteiger partial charge in [-0.25, -0.2) is 4.98 Å². The molecule has 0 fully saturated rings. The highest BCUT2D eigenvalue weighted by molar-refractivity contribution is 9.10. The van der Waals surface area contributed by atoms with Crippen LogP contribution in [0.25, 0.3) is 0 Å². The van der Waals surface area contributed by atoms with Crippen molar-refractivity contribution in [3.8, 4) is 0 Å². The average Bonchev–Trinajstić information content (AvgIpc) is 2.33. The first-order valence-electron chi connectivity index (χ1n) is 5.00. The lowest BCUT2D eigenvalue weighted by atomic mass is 10.3. The quantitative estimate of drug-likeness (QED) is 0.483. The molecule has 0 unspecified atom stereocenters. The fourth-order valence-electron chi connectivity index (χ4n) is 1.39. The van der Waals surface area contributed by atoms with Gasteiger partial charge in [-0.05, 0) is 40.2 Å². The van der Waals surface area contributed by atoms with E-state index in [2.05, 4.69) is 26.2 Å². The van der Waals surface area contributed by atoms with Crippen molar-refractivity contribution in [1.82, 2.24) is 4.98 Å². The highest BCUT2D eigenvalue weighted by Gasteiger charge is 2.16. The van der Waals surface area contributed by atoms with Crippen LogP contribution in [0.15, 0.2) is 34.8 Å². The molecule has 8 heteroatoms. The van der Waals surface area contributed by atoms with Crippen molar-refractivity contribution in [3.05, 3.63) is 55.1 Å². The van der Waals surface area contributed by atoms with E-state index >= 15 is 0 Å². The van der Waals surface area contributed by atoms with E-state index in [1.165, 1.54) is 12.1 Å². The molecule has 0 bridgehead atoms. The first-order valence-corrected chi connectivity index (χ1v) is 6.55. The van der Waals surface area contributed by atoms with Gasteiger partial charge in [-0.3, -0.25) is 10.1 Å². The van der Waals surface area contributed by atoms with Gasteiger partial charge in [0.05, 0.1) is 10.6 Å². The Morgan fingerprint density at radius 3 is 2.68 bits per heavy atom. The van der Waals surface area contributed by atoms with Gasteiger partial charge in [0.1, 0.15) is 5.15 Å². The Morgan fingerprint density at radius 2 is 2.00 bits per heavy atom. The molecule has 0 amide bonds. The number of nitro groups is 1. The Hall–Kier alpha value is -1.37. The van der Waals surface area contributed by atoms with E-state index in [-0.39, 0.29) is 16.7 Å². The Labute approximate surface area is 126 Å². The number of hydrogen-bond acceptors (Lipinski definition) is 4. The van der Waals surface area contributed by atoms with Gasteiger partial charge in [-0.2, -0.15) is 0 Å². The van der Waals surface area contributed by atoms with Crippen molar-refractivity contribution in [2.75, 3.05) is 5.32 Å². The van der Waals surface area contributed by atoms with Crippen LogP contribution in [-0.2, 0) is 0 Å². The predicted octanol–water partition coefficient (Wildman–Crippen LogP) is 4.80. The Morgan fingerprint density at radius 1 is 1.26 bits per heavy atom. The van der Waals surface area contributed by atoms with Crippen LogP contribution in [0.4, 0.5) is 17.2 Å². The molecule has 0 radical (unpaired) electrons. The van der Waals surface area contributed by atoms with Gasteiger partial charge in [-0.1, -0.05) is 23.2 Å². The molecular weight excluding hydrogens is 357 g/mol. The van der Waals surface area contributed by atoms with Crippen LogP contribution in [0.3, 0.4) is 0 Å². The van der Waals surface area contributed by atoms with E-state index in [4.69, 9.17) is 23.2 Å². The van der Waals surface area contributed by atoms with Crippen LogP contribution in [0.2, 0.25) is 10.2 Å². The number of halogens is 3. The maximum atomic E-state index is 10.9. The number of nitrogens with zero attached hydrogens (tertiary/aromatic N) is 2. The third kappa shape index (κ3) is 3.34. The number of anilines is 2. The molecule has 2 rings (SSSR count). The summed E-state index contributed by atoms with van der Waals surface area (Å²) in [5, 5.41) is 14.4. The minimum atomic E-state index is -0.538. The van der Waals surface area contributed by atoms with Gasteiger partial charge >= 0.3 is 5.69 Å². The molecule has 1 aromatic heterocycles. The minimum Gasteiger partial charge on any atom is -0.333 e. The Kier molecular flexibility index (Phi) is 4.24. The van der Waals surface area contributed by atoms with Crippen molar-refractivity contribution in [2.24, 2.45) is 0 Å². The molecule has 0 aliphatic rings. The lowest BCUT2D eigenvalue weighted by molar-refractivity contribution is -0.384. The summed E-state index contributed by atoms with van der Waals surface area (Å²) in [6.07, 6.45) is 0. The maximum Gasteiger partial charge on any atom is 0.311 e. The predicted molar refractivity (Wildman–Crippen MR) is 78.3 cm³/mol. The lowest BCUT2D eigenvalue weighted by Crippen LogP contribution is -2.00. The van der Waals surface area contributed by atoms with Crippen molar-refractivity contribution < 1.29 is 4.92 Å². The van der Waals surface area contributed by atoms with E-state index in [1.807, 2.05) is 0 Å². The number of pyridine rings is 1. The normalized spacial score (nSPS) is 10.3. The fraction of sp³-hybridized carbons (Fsp3) is 0. The third-order valence-electron chi connectivity index (χ3n) is 2.22. The summed E-state index contributed by atoms with van der Waals surface area (Å²) in [5.41, 5.74) is 0.390. The third-order valence-corrected chi connectivity index (χ3v) is 3.36. The topological polar surface area (TPSA) is 68.1 Å². The second kappa shape index (κ2) is 5.73. The summed E-state index contributed by atoms with van der Waals surface area (Å²) in [6.45, 7) is 0. The Balaban J connectivity index is 2.45. The first kappa shape index (κ1) is 14.0. The molecule has 1 heterocycles. The van der Waals surface area contributed by atoms with Crippen LogP contribution >= 0.6 is 39.1 Å². The zero-order valence-corrected chi connectivity index (χ0v) is 12.3. The molecule has 0 saturated heterocycles. The monoisotopic (exact) mass is 361 g/mol. The number of nitrogens with one attached hydrogen (secondary N) is 1. The lowest BCUT2D eigenvalue weighted by Gasteiger charge is -2.08. The molecule has 5 nitrogen and oxygen atoms in total. The van der Waals surface area contributed by atoms with Gasteiger partial charge in [0.2, 0.25) is 5.82 Å². The van der Waals surface area contributed by atoms with Crippen LogP contribution in [0.1, 0.15) is 0 Å². The van der Waals surface area contributed by atoms with E-state index < -0.39 is 4.92 Å². The molecule has 0 saturated carbocycles. The average molecular weight is 363 g/mol. The molecular formula is C11H6BrCl2N3O2. The second-order valence-corrected chi connectivity index (χ2v) is 5.19. The maximum absolute atomic E-state index is 10.9. The number of rotatable bonds is 3.